The monoisotopic (exact) mass is 442 g/mol. The third kappa shape index (κ3) is 5.14. The highest BCUT2D eigenvalue weighted by Gasteiger charge is 2.23. The molecular formula is C18H20Cl2N4O3S. The lowest BCUT2D eigenvalue weighted by Gasteiger charge is -2.35. The van der Waals surface area contributed by atoms with Gasteiger partial charge in [-0.1, -0.05) is 35.3 Å². The van der Waals surface area contributed by atoms with E-state index >= 15 is 0 Å². The Labute approximate surface area is 174 Å². The molecular weight excluding hydrogens is 423 g/mol. The maximum Gasteiger partial charge on any atom is 0.242 e. The van der Waals surface area contributed by atoms with E-state index in [-0.39, 0.29) is 28.8 Å². The molecule has 150 valence electrons. The molecule has 10 heteroatoms. The summed E-state index contributed by atoms with van der Waals surface area (Å²) in [7, 11) is -3.75. The minimum atomic E-state index is -3.75. The van der Waals surface area contributed by atoms with Crippen LogP contribution >= 0.6 is 23.2 Å². The summed E-state index contributed by atoms with van der Waals surface area (Å²) in [5, 5.41) is 0.727. The summed E-state index contributed by atoms with van der Waals surface area (Å²) in [6.45, 7) is 2.45. The van der Waals surface area contributed by atoms with E-state index in [4.69, 9.17) is 23.2 Å². The topological polar surface area (TPSA) is 82.6 Å². The lowest BCUT2D eigenvalue weighted by Crippen LogP contribution is -2.49. The van der Waals surface area contributed by atoms with E-state index < -0.39 is 10.0 Å². The first-order valence-electron chi connectivity index (χ1n) is 8.75. The number of carbonyl (C=O) groups excluding carboxylic acids is 1. The van der Waals surface area contributed by atoms with Crippen LogP contribution in [0.5, 0.6) is 0 Å². The Morgan fingerprint density at radius 3 is 2.43 bits per heavy atom. The number of anilines is 1. The van der Waals surface area contributed by atoms with Crippen LogP contribution in [0.4, 0.5) is 5.82 Å². The lowest BCUT2D eigenvalue weighted by atomic mass is 10.2. The molecule has 2 heterocycles. The van der Waals surface area contributed by atoms with Crippen molar-refractivity contribution in [2.75, 3.05) is 37.6 Å². The molecule has 1 amide bonds. The molecule has 0 saturated carbocycles. The molecule has 1 N–H and O–H groups in total. The lowest BCUT2D eigenvalue weighted by molar-refractivity contribution is -0.131. The van der Waals surface area contributed by atoms with Crippen LogP contribution in [0.1, 0.15) is 6.42 Å². The van der Waals surface area contributed by atoms with Gasteiger partial charge >= 0.3 is 0 Å². The van der Waals surface area contributed by atoms with E-state index in [9.17, 15) is 13.2 Å². The van der Waals surface area contributed by atoms with Gasteiger partial charge in [-0.2, -0.15) is 0 Å². The van der Waals surface area contributed by atoms with Crippen LogP contribution in [0, 0.1) is 0 Å². The maximum absolute atomic E-state index is 12.4. The number of aromatic nitrogens is 1. The first kappa shape index (κ1) is 20.9. The Morgan fingerprint density at radius 1 is 1.07 bits per heavy atom. The molecule has 1 fully saturated rings. The standard InChI is InChI=1S/C18H20Cl2N4O3S/c19-14-5-6-17(21-13-14)23-9-11-24(12-10-23)18(25)7-8-22-28(26,27)16-4-2-1-3-15(16)20/h1-6,13,22H,7-12H2. The van der Waals surface area contributed by atoms with E-state index in [0.717, 1.165) is 5.82 Å². The van der Waals surface area contributed by atoms with Crippen LogP contribution in [0.25, 0.3) is 0 Å². The van der Waals surface area contributed by atoms with Gasteiger partial charge in [0.15, 0.2) is 0 Å². The second-order valence-corrected chi connectivity index (χ2v) is 8.86. The van der Waals surface area contributed by atoms with Crippen molar-refractivity contribution < 1.29 is 13.2 Å². The van der Waals surface area contributed by atoms with Crippen molar-refractivity contribution >= 4 is 45.0 Å². The zero-order valence-electron chi connectivity index (χ0n) is 15.0. The number of carbonyl (C=O) groups is 1. The first-order chi connectivity index (χ1) is 13.4. The number of hydrogen-bond acceptors (Lipinski definition) is 5. The summed E-state index contributed by atoms with van der Waals surface area (Å²) in [5.41, 5.74) is 0. The van der Waals surface area contributed by atoms with Crippen LogP contribution in [0.2, 0.25) is 10.0 Å². The Morgan fingerprint density at radius 2 is 1.79 bits per heavy atom. The predicted octanol–water partition coefficient (Wildman–Crippen LogP) is 2.41. The van der Waals surface area contributed by atoms with E-state index in [2.05, 4.69) is 14.6 Å². The number of nitrogens with zero attached hydrogens (tertiary/aromatic N) is 3. The molecule has 3 rings (SSSR count). The average Bonchev–Trinajstić information content (AvgIpc) is 2.69. The average molecular weight is 443 g/mol. The third-order valence-corrected chi connectivity index (χ3v) is 6.61. The molecule has 2 aromatic rings. The number of nitrogens with one attached hydrogen (secondary N) is 1. The van der Waals surface area contributed by atoms with Gasteiger partial charge in [0, 0.05) is 45.3 Å². The molecule has 7 nitrogen and oxygen atoms in total. The van der Waals surface area contributed by atoms with E-state index in [1.165, 1.54) is 12.1 Å². The summed E-state index contributed by atoms with van der Waals surface area (Å²) in [6.07, 6.45) is 1.68. The molecule has 28 heavy (non-hydrogen) atoms. The number of piperazine rings is 1. The molecule has 1 aromatic heterocycles. The van der Waals surface area contributed by atoms with Crippen molar-refractivity contribution in [3.8, 4) is 0 Å². The van der Waals surface area contributed by atoms with Crippen molar-refractivity contribution in [3.05, 3.63) is 52.6 Å². The highest BCUT2D eigenvalue weighted by atomic mass is 35.5. The second kappa shape index (κ2) is 9.09. The van der Waals surface area contributed by atoms with Crippen molar-refractivity contribution in [2.24, 2.45) is 0 Å². The molecule has 0 unspecified atom stereocenters. The minimum absolute atomic E-state index is 0.00759. The predicted molar refractivity (Wildman–Crippen MR) is 109 cm³/mol. The summed E-state index contributed by atoms with van der Waals surface area (Å²) < 4.78 is 27.0. The number of amides is 1. The number of rotatable bonds is 6. The fourth-order valence-electron chi connectivity index (χ4n) is 2.93. The van der Waals surface area contributed by atoms with Crippen molar-refractivity contribution in [2.45, 2.75) is 11.3 Å². The molecule has 1 aromatic carbocycles. The molecule has 1 aliphatic rings. The van der Waals surface area contributed by atoms with Gasteiger partial charge in [-0.15, -0.1) is 0 Å². The molecule has 1 aliphatic heterocycles. The van der Waals surface area contributed by atoms with Gasteiger partial charge in [0.2, 0.25) is 15.9 Å². The molecule has 0 aliphatic carbocycles. The maximum atomic E-state index is 12.4. The SMILES string of the molecule is O=C(CCNS(=O)(=O)c1ccccc1Cl)N1CCN(c2ccc(Cl)cn2)CC1. The van der Waals surface area contributed by atoms with Crippen molar-refractivity contribution in [3.63, 3.8) is 0 Å². The zero-order chi connectivity index (χ0) is 20.1. The number of sulfonamides is 1. The summed E-state index contributed by atoms with van der Waals surface area (Å²) in [6, 6.07) is 9.83. The number of halogens is 2. The fourth-order valence-corrected chi connectivity index (χ4v) is 4.59. The van der Waals surface area contributed by atoms with Gasteiger partial charge in [-0.05, 0) is 24.3 Å². The van der Waals surface area contributed by atoms with Crippen LogP contribution in [-0.4, -0.2) is 56.9 Å². The Balaban J connectivity index is 1.47. The van der Waals surface area contributed by atoms with Gasteiger partial charge in [-0.3, -0.25) is 4.79 Å². The highest BCUT2D eigenvalue weighted by molar-refractivity contribution is 7.89. The smallest absolute Gasteiger partial charge is 0.242 e. The molecule has 1 saturated heterocycles. The molecule has 0 radical (unpaired) electrons. The quantitative estimate of drug-likeness (QED) is 0.742. The van der Waals surface area contributed by atoms with Gasteiger partial charge in [-0.25, -0.2) is 18.1 Å². The van der Waals surface area contributed by atoms with Gasteiger partial charge in [0.1, 0.15) is 10.7 Å². The van der Waals surface area contributed by atoms with Crippen LogP contribution in [0.3, 0.4) is 0 Å². The number of benzene rings is 1. The Hall–Kier alpha value is -1.87. The first-order valence-corrected chi connectivity index (χ1v) is 11.0. The summed E-state index contributed by atoms with van der Waals surface area (Å²) >= 11 is 11.8. The van der Waals surface area contributed by atoms with E-state index in [1.807, 2.05) is 6.07 Å². The molecule has 0 spiro atoms. The fraction of sp³-hybridized carbons (Fsp3) is 0.333. The number of pyridine rings is 1. The highest BCUT2D eigenvalue weighted by Crippen LogP contribution is 2.20. The molecule has 0 bridgehead atoms. The van der Waals surface area contributed by atoms with Crippen LogP contribution in [-0.2, 0) is 14.8 Å². The Bertz CT molecular complexity index is 930. The minimum Gasteiger partial charge on any atom is -0.353 e. The van der Waals surface area contributed by atoms with Crippen LogP contribution in [0.15, 0.2) is 47.5 Å². The van der Waals surface area contributed by atoms with Crippen molar-refractivity contribution in [1.29, 1.82) is 0 Å². The van der Waals surface area contributed by atoms with Gasteiger partial charge in [0.05, 0.1) is 10.0 Å². The number of hydrogen-bond donors (Lipinski definition) is 1. The van der Waals surface area contributed by atoms with Crippen LogP contribution < -0.4 is 9.62 Å². The van der Waals surface area contributed by atoms with Gasteiger partial charge < -0.3 is 9.80 Å². The second-order valence-electron chi connectivity index (χ2n) is 6.28. The third-order valence-electron chi connectivity index (χ3n) is 4.43. The van der Waals surface area contributed by atoms with E-state index in [1.54, 1.807) is 29.3 Å². The van der Waals surface area contributed by atoms with Crippen molar-refractivity contribution in [1.82, 2.24) is 14.6 Å². The van der Waals surface area contributed by atoms with Gasteiger partial charge in [0.25, 0.3) is 0 Å². The summed E-state index contributed by atoms with van der Waals surface area (Å²) in [5.74, 6) is 0.731. The van der Waals surface area contributed by atoms with E-state index in [0.29, 0.717) is 31.2 Å². The normalized spacial score (nSPS) is 14.9. The summed E-state index contributed by atoms with van der Waals surface area (Å²) in [4.78, 5) is 20.5. The largest absolute Gasteiger partial charge is 0.353 e. The Kier molecular flexibility index (Phi) is 6.77. The zero-order valence-corrected chi connectivity index (χ0v) is 17.3. The molecule has 0 atom stereocenters.